The van der Waals surface area contributed by atoms with E-state index >= 15 is 0 Å². The molecule has 0 aromatic heterocycles. The summed E-state index contributed by atoms with van der Waals surface area (Å²) in [4.78, 5) is 12.4. The van der Waals surface area contributed by atoms with Crippen molar-refractivity contribution < 1.29 is 38.0 Å². The largest absolute Gasteiger partial charge is 0.493 e. The molecule has 2 aromatic rings. The number of hydrogen-bond donors (Lipinski definition) is 0. The second kappa shape index (κ2) is 8.38. The van der Waals surface area contributed by atoms with E-state index in [1.54, 1.807) is 19.2 Å². The third-order valence-corrected chi connectivity index (χ3v) is 4.88. The lowest BCUT2D eigenvalue weighted by atomic mass is 9.84. The molecule has 0 amide bonds. The van der Waals surface area contributed by atoms with E-state index in [0.29, 0.717) is 45.8 Å². The summed E-state index contributed by atoms with van der Waals surface area (Å²) in [7, 11) is 9.16. The van der Waals surface area contributed by atoms with Crippen LogP contribution in [0.3, 0.4) is 0 Å². The first-order valence-corrected chi connectivity index (χ1v) is 8.86. The Bertz CT molecular complexity index is 922. The minimum absolute atomic E-state index is 0.0880. The van der Waals surface area contributed by atoms with Gasteiger partial charge in [-0.15, -0.1) is 0 Å². The minimum atomic E-state index is -0.421. The number of hydrogen-bond acceptors (Lipinski definition) is 8. The van der Waals surface area contributed by atoms with Crippen LogP contribution in [-0.4, -0.2) is 48.6 Å². The Morgan fingerprint density at radius 2 is 1.34 bits per heavy atom. The van der Waals surface area contributed by atoms with Crippen LogP contribution in [0.4, 0.5) is 0 Å². The first kappa shape index (κ1) is 20.4. The SMILES string of the molecule is COc1ccc(C2CC(=O)Oc3cc(OC)c(OC)c(OC)c32)c(OC)c1OC. The Morgan fingerprint density at radius 3 is 1.90 bits per heavy atom. The molecule has 3 rings (SSSR count). The maximum absolute atomic E-state index is 12.4. The lowest BCUT2D eigenvalue weighted by Crippen LogP contribution is -2.22. The smallest absolute Gasteiger partial charge is 0.312 e. The van der Waals surface area contributed by atoms with Crippen molar-refractivity contribution in [1.29, 1.82) is 0 Å². The normalized spacial score (nSPS) is 15.1. The molecule has 2 aromatic carbocycles. The van der Waals surface area contributed by atoms with Gasteiger partial charge in [-0.2, -0.15) is 0 Å². The van der Waals surface area contributed by atoms with Gasteiger partial charge in [0.2, 0.25) is 11.5 Å². The molecule has 0 N–H and O–H groups in total. The molecule has 1 atom stereocenters. The van der Waals surface area contributed by atoms with Crippen LogP contribution in [0.1, 0.15) is 23.5 Å². The number of methoxy groups -OCH3 is 6. The van der Waals surface area contributed by atoms with Gasteiger partial charge in [0, 0.05) is 23.1 Å². The zero-order valence-corrected chi connectivity index (χ0v) is 17.3. The maximum atomic E-state index is 12.4. The van der Waals surface area contributed by atoms with Gasteiger partial charge in [-0.05, 0) is 6.07 Å². The number of carbonyl (C=O) groups excluding carboxylic acids is 1. The topological polar surface area (TPSA) is 81.7 Å². The molecule has 0 aliphatic carbocycles. The fourth-order valence-corrected chi connectivity index (χ4v) is 3.67. The van der Waals surface area contributed by atoms with E-state index in [1.807, 2.05) is 6.07 Å². The Kier molecular flexibility index (Phi) is 5.91. The number of benzene rings is 2. The minimum Gasteiger partial charge on any atom is -0.493 e. The fourth-order valence-electron chi connectivity index (χ4n) is 3.67. The summed E-state index contributed by atoms with van der Waals surface area (Å²) in [5.41, 5.74) is 1.39. The summed E-state index contributed by atoms with van der Waals surface area (Å²) < 4.78 is 38.5. The molecule has 1 aliphatic heterocycles. The highest BCUT2D eigenvalue weighted by molar-refractivity contribution is 5.81. The van der Waals surface area contributed by atoms with Crippen molar-refractivity contribution in [3.8, 4) is 40.2 Å². The van der Waals surface area contributed by atoms with Crippen molar-refractivity contribution in [2.45, 2.75) is 12.3 Å². The molecule has 0 spiro atoms. The van der Waals surface area contributed by atoms with Gasteiger partial charge in [-0.1, -0.05) is 6.07 Å². The van der Waals surface area contributed by atoms with Gasteiger partial charge in [0.25, 0.3) is 0 Å². The van der Waals surface area contributed by atoms with E-state index in [-0.39, 0.29) is 12.4 Å². The lowest BCUT2D eigenvalue weighted by molar-refractivity contribution is -0.135. The Balaban J connectivity index is 2.31. The number of rotatable bonds is 7. The molecule has 8 nitrogen and oxygen atoms in total. The molecule has 0 radical (unpaired) electrons. The van der Waals surface area contributed by atoms with Gasteiger partial charge in [0.05, 0.1) is 49.1 Å². The Morgan fingerprint density at radius 1 is 0.759 bits per heavy atom. The molecule has 1 aliphatic rings. The van der Waals surface area contributed by atoms with E-state index in [2.05, 4.69) is 0 Å². The molecule has 0 fully saturated rings. The first-order chi connectivity index (χ1) is 14.0. The second-order valence-electron chi connectivity index (χ2n) is 6.21. The second-order valence-corrected chi connectivity index (χ2v) is 6.21. The molecule has 156 valence electrons. The van der Waals surface area contributed by atoms with Crippen LogP contribution < -0.4 is 33.2 Å². The van der Waals surface area contributed by atoms with Gasteiger partial charge in [0.15, 0.2) is 23.0 Å². The van der Waals surface area contributed by atoms with E-state index in [9.17, 15) is 4.79 Å². The van der Waals surface area contributed by atoms with Crippen LogP contribution in [0.2, 0.25) is 0 Å². The Hall–Kier alpha value is -3.29. The van der Waals surface area contributed by atoms with Crippen molar-refractivity contribution in [2.75, 3.05) is 42.7 Å². The summed E-state index contributed by atoms with van der Waals surface area (Å²) >= 11 is 0. The highest BCUT2D eigenvalue weighted by Crippen LogP contribution is 2.55. The van der Waals surface area contributed by atoms with E-state index < -0.39 is 5.92 Å². The summed E-state index contributed by atoms with van der Waals surface area (Å²) in [6.07, 6.45) is 0.0880. The predicted molar refractivity (Wildman–Crippen MR) is 104 cm³/mol. The van der Waals surface area contributed by atoms with E-state index in [0.717, 1.165) is 5.56 Å². The van der Waals surface area contributed by atoms with Gasteiger partial charge in [0.1, 0.15) is 5.75 Å². The number of esters is 1. The third kappa shape index (κ3) is 3.35. The summed E-state index contributed by atoms with van der Waals surface area (Å²) in [5, 5.41) is 0. The van der Waals surface area contributed by atoms with Crippen LogP contribution in [0.25, 0.3) is 0 Å². The average Bonchev–Trinajstić information content (AvgIpc) is 2.75. The quantitative estimate of drug-likeness (QED) is 0.514. The monoisotopic (exact) mass is 404 g/mol. The van der Waals surface area contributed by atoms with Gasteiger partial charge >= 0.3 is 5.97 Å². The van der Waals surface area contributed by atoms with Crippen LogP contribution >= 0.6 is 0 Å². The van der Waals surface area contributed by atoms with Crippen molar-refractivity contribution in [3.05, 3.63) is 29.3 Å². The highest BCUT2D eigenvalue weighted by Gasteiger charge is 2.37. The molecule has 0 bridgehead atoms. The summed E-state index contributed by atoms with van der Waals surface area (Å²) in [6, 6.07) is 5.22. The maximum Gasteiger partial charge on any atom is 0.312 e. The van der Waals surface area contributed by atoms with Crippen LogP contribution in [0, 0.1) is 0 Å². The molecule has 0 saturated heterocycles. The summed E-state index contributed by atoms with van der Waals surface area (Å²) in [6.45, 7) is 0. The van der Waals surface area contributed by atoms with Crippen LogP contribution in [0.5, 0.6) is 40.2 Å². The number of fused-ring (bicyclic) bond motifs is 1. The molecule has 8 heteroatoms. The third-order valence-electron chi connectivity index (χ3n) is 4.88. The molecular weight excluding hydrogens is 380 g/mol. The van der Waals surface area contributed by atoms with Crippen molar-refractivity contribution in [3.63, 3.8) is 0 Å². The molecule has 1 unspecified atom stereocenters. The van der Waals surface area contributed by atoms with Crippen LogP contribution in [-0.2, 0) is 4.79 Å². The van der Waals surface area contributed by atoms with E-state index in [1.165, 1.54) is 35.5 Å². The van der Waals surface area contributed by atoms with Gasteiger partial charge in [-0.25, -0.2) is 0 Å². The fraction of sp³-hybridized carbons (Fsp3) is 0.381. The molecule has 0 saturated carbocycles. The number of ether oxygens (including phenoxy) is 7. The molecular formula is C21H24O8. The highest BCUT2D eigenvalue weighted by atomic mass is 16.6. The van der Waals surface area contributed by atoms with Crippen molar-refractivity contribution in [2.24, 2.45) is 0 Å². The Labute approximate surface area is 169 Å². The molecule has 29 heavy (non-hydrogen) atoms. The summed E-state index contributed by atoms with van der Waals surface area (Å²) in [5.74, 6) is 2.21. The predicted octanol–water partition coefficient (Wildman–Crippen LogP) is 3.18. The first-order valence-electron chi connectivity index (χ1n) is 8.86. The standard InChI is InChI=1S/C21H24O8/c1-23-13-8-7-11(18(25-3)19(13)26-4)12-9-16(22)29-14-10-15(24-2)20(27-5)21(28-6)17(12)14/h7-8,10,12H,9H2,1-6H3. The molecule has 1 heterocycles. The lowest BCUT2D eigenvalue weighted by Gasteiger charge is -2.29. The zero-order chi connectivity index (χ0) is 21.1. The van der Waals surface area contributed by atoms with Gasteiger partial charge < -0.3 is 33.2 Å². The van der Waals surface area contributed by atoms with Crippen molar-refractivity contribution in [1.82, 2.24) is 0 Å². The van der Waals surface area contributed by atoms with Crippen LogP contribution in [0.15, 0.2) is 18.2 Å². The van der Waals surface area contributed by atoms with Crippen molar-refractivity contribution >= 4 is 5.97 Å². The average molecular weight is 404 g/mol. The number of carbonyl (C=O) groups is 1. The van der Waals surface area contributed by atoms with Gasteiger partial charge in [-0.3, -0.25) is 4.79 Å². The van der Waals surface area contributed by atoms with E-state index in [4.69, 9.17) is 33.2 Å². The zero-order valence-electron chi connectivity index (χ0n) is 17.3.